The number of aromatic amines is 1. The van der Waals surface area contributed by atoms with Crippen LogP contribution in [0.3, 0.4) is 0 Å². The highest BCUT2D eigenvalue weighted by atomic mass is 16.4. The molecular weight excluding hydrogens is 392 g/mol. The Morgan fingerprint density at radius 2 is 2.00 bits per heavy atom. The zero-order chi connectivity index (χ0) is 22.4. The molecule has 1 fully saturated rings. The van der Waals surface area contributed by atoms with Crippen molar-refractivity contribution >= 4 is 23.7 Å². The molecule has 2 heterocycles. The lowest BCUT2D eigenvalue weighted by Gasteiger charge is -2.28. The van der Waals surface area contributed by atoms with Crippen molar-refractivity contribution in [3.05, 3.63) is 18.2 Å². The summed E-state index contributed by atoms with van der Waals surface area (Å²) in [6.07, 6.45) is 4.18. The zero-order valence-corrected chi connectivity index (χ0v) is 17.4. The van der Waals surface area contributed by atoms with Crippen molar-refractivity contribution in [3.8, 4) is 0 Å². The van der Waals surface area contributed by atoms with E-state index >= 15 is 0 Å². The molecule has 4 atom stereocenters. The number of H-pyrrole nitrogens is 1. The molecule has 1 aromatic rings. The van der Waals surface area contributed by atoms with Crippen LogP contribution in [-0.2, 0) is 25.6 Å². The topological polar surface area (TPSA) is 171 Å². The van der Waals surface area contributed by atoms with Crippen LogP contribution in [0, 0.1) is 5.92 Å². The summed E-state index contributed by atoms with van der Waals surface area (Å²) in [4.78, 5) is 57.7. The Kier molecular flexibility index (Phi) is 7.93. The summed E-state index contributed by atoms with van der Waals surface area (Å²) < 4.78 is 0. The maximum Gasteiger partial charge on any atom is 0.326 e. The molecule has 6 N–H and O–H groups in total. The molecule has 1 saturated heterocycles. The molecule has 11 nitrogen and oxygen atoms in total. The molecule has 1 aliphatic heterocycles. The van der Waals surface area contributed by atoms with Crippen molar-refractivity contribution in [1.82, 2.24) is 25.5 Å². The van der Waals surface area contributed by atoms with Crippen LogP contribution in [0.4, 0.5) is 0 Å². The van der Waals surface area contributed by atoms with Gasteiger partial charge in [0, 0.05) is 24.9 Å². The number of hydrogen-bond donors (Lipinski definition) is 5. The number of aliphatic carboxylic acids is 1. The lowest BCUT2D eigenvalue weighted by Crippen LogP contribution is -2.57. The molecule has 4 unspecified atom stereocenters. The first kappa shape index (κ1) is 23.3. The molecule has 11 heteroatoms. The van der Waals surface area contributed by atoms with Crippen LogP contribution in [0.5, 0.6) is 0 Å². The van der Waals surface area contributed by atoms with Crippen molar-refractivity contribution in [2.45, 2.75) is 64.2 Å². The average Bonchev–Trinajstić information content (AvgIpc) is 3.35. The van der Waals surface area contributed by atoms with Gasteiger partial charge in [0.25, 0.3) is 0 Å². The summed E-state index contributed by atoms with van der Waals surface area (Å²) in [6.45, 7) is 5.33. The molecule has 0 aromatic carbocycles. The van der Waals surface area contributed by atoms with Gasteiger partial charge in [-0.05, 0) is 25.7 Å². The van der Waals surface area contributed by atoms with Crippen molar-refractivity contribution < 1.29 is 24.3 Å². The smallest absolute Gasteiger partial charge is 0.326 e. The van der Waals surface area contributed by atoms with E-state index in [0.29, 0.717) is 25.1 Å². The van der Waals surface area contributed by atoms with E-state index in [-0.39, 0.29) is 18.2 Å². The first-order chi connectivity index (χ1) is 14.1. The van der Waals surface area contributed by atoms with Crippen LogP contribution in [0.25, 0.3) is 0 Å². The number of carboxylic acid groups (broad SMARTS) is 1. The highest BCUT2D eigenvalue weighted by Crippen LogP contribution is 2.18. The fourth-order valence-electron chi connectivity index (χ4n) is 3.43. The van der Waals surface area contributed by atoms with E-state index in [4.69, 9.17) is 5.73 Å². The normalized spacial score (nSPS) is 19.2. The summed E-state index contributed by atoms with van der Waals surface area (Å²) in [5, 5.41) is 14.5. The molecule has 0 spiro atoms. The number of aromatic nitrogens is 2. The first-order valence-corrected chi connectivity index (χ1v) is 9.98. The molecule has 1 aromatic heterocycles. The van der Waals surface area contributed by atoms with E-state index in [1.165, 1.54) is 17.4 Å². The number of nitrogens with zero attached hydrogens (tertiary/aromatic N) is 2. The molecule has 0 aliphatic carbocycles. The Bertz CT molecular complexity index is 763. The molecule has 30 heavy (non-hydrogen) atoms. The van der Waals surface area contributed by atoms with Crippen LogP contribution >= 0.6 is 0 Å². The molecule has 166 valence electrons. The second-order valence-corrected chi connectivity index (χ2v) is 7.89. The summed E-state index contributed by atoms with van der Waals surface area (Å²) in [5.74, 6) is -2.92. The predicted molar refractivity (Wildman–Crippen MR) is 107 cm³/mol. The standard InChI is InChI=1S/C19H30N6O5/c1-10(2)15(19(29)30)24-16(26)13(7-12-8-21-9-22-12)23-17(27)14-5-4-6-25(14)18(28)11(3)20/h8-11,13-15H,4-7,20H2,1-3H3,(H,21,22)(H,23,27)(H,24,26)(H,29,30). The maximum atomic E-state index is 12.9. The van der Waals surface area contributed by atoms with Gasteiger partial charge in [-0.25, -0.2) is 9.78 Å². The minimum Gasteiger partial charge on any atom is -0.480 e. The third-order valence-corrected chi connectivity index (χ3v) is 5.07. The molecule has 2 rings (SSSR count). The van der Waals surface area contributed by atoms with Crippen molar-refractivity contribution in [2.75, 3.05) is 6.54 Å². The molecule has 1 aliphatic rings. The van der Waals surface area contributed by atoms with E-state index in [9.17, 15) is 24.3 Å². The van der Waals surface area contributed by atoms with Gasteiger partial charge in [-0.3, -0.25) is 14.4 Å². The third kappa shape index (κ3) is 5.78. The minimum atomic E-state index is -1.16. The maximum absolute atomic E-state index is 12.9. The number of carbonyl (C=O) groups excluding carboxylic acids is 3. The van der Waals surface area contributed by atoms with E-state index < -0.39 is 42.0 Å². The first-order valence-electron chi connectivity index (χ1n) is 9.98. The van der Waals surface area contributed by atoms with Gasteiger partial charge < -0.3 is 31.4 Å². The number of carbonyl (C=O) groups is 4. The summed E-state index contributed by atoms with van der Waals surface area (Å²) in [5.41, 5.74) is 6.27. The van der Waals surface area contributed by atoms with Gasteiger partial charge in [0.2, 0.25) is 17.7 Å². The highest BCUT2D eigenvalue weighted by molar-refractivity contribution is 5.94. The number of carboxylic acids is 1. The van der Waals surface area contributed by atoms with Gasteiger partial charge in [0.05, 0.1) is 12.4 Å². The Hall–Kier alpha value is -2.95. The van der Waals surface area contributed by atoms with Gasteiger partial charge in [0.1, 0.15) is 18.1 Å². The minimum absolute atomic E-state index is 0.0932. The van der Waals surface area contributed by atoms with Crippen LogP contribution in [0.2, 0.25) is 0 Å². The van der Waals surface area contributed by atoms with E-state index in [1.54, 1.807) is 20.8 Å². The summed E-state index contributed by atoms with van der Waals surface area (Å²) in [6, 6.07) is -3.58. The van der Waals surface area contributed by atoms with Crippen LogP contribution in [0.1, 0.15) is 39.3 Å². The SMILES string of the molecule is CC(N)C(=O)N1CCCC1C(=O)NC(Cc1cnc[nH]1)C(=O)NC(C(=O)O)C(C)C. The Morgan fingerprint density at radius 1 is 1.30 bits per heavy atom. The van der Waals surface area contributed by atoms with Gasteiger partial charge in [-0.1, -0.05) is 13.8 Å². The Balaban J connectivity index is 2.16. The van der Waals surface area contributed by atoms with E-state index in [2.05, 4.69) is 20.6 Å². The van der Waals surface area contributed by atoms with E-state index in [0.717, 1.165) is 0 Å². The summed E-state index contributed by atoms with van der Waals surface area (Å²) >= 11 is 0. The monoisotopic (exact) mass is 422 g/mol. The van der Waals surface area contributed by atoms with Crippen LogP contribution < -0.4 is 16.4 Å². The number of rotatable bonds is 9. The highest BCUT2D eigenvalue weighted by Gasteiger charge is 2.37. The quantitative estimate of drug-likeness (QED) is 0.340. The van der Waals surface area contributed by atoms with Gasteiger partial charge in [0.15, 0.2) is 0 Å². The molecule has 0 radical (unpaired) electrons. The fraction of sp³-hybridized carbons (Fsp3) is 0.632. The molecule has 0 saturated carbocycles. The predicted octanol–water partition coefficient (Wildman–Crippen LogP) is -0.999. The average molecular weight is 422 g/mol. The lowest BCUT2D eigenvalue weighted by molar-refractivity contribution is -0.144. The number of imidazole rings is 1. The molecule has 3 amide bonds. The number of hydrogen-bond acceptors (Lipinski definition) is 6. The number of nitrogens with two attached hydrogens (primary N) is 1. The zero-order valence-electron chi connectivity index (χ0n) is 17.4. The second kappa shape index (κ2) is 10.2. The lowest BCUT2D eigenvalue weighted by atomic mass is 10.0. The Morgan fingerprint density at radius 3 is 2.53 bits per heavy atom. The molecule has 0 bridgehead atoms. The molecular formula is C19H30N6O5. The van der Waals surface area contributed by atoms with Crippen molar-refractivity contribution in [1.29, 1.82) is 0 Å². The van der Waals surface area contributed by atoms with Gasteiger partial charge >= 0.3 is 5.97 Å². The summed E-state index contributed by atoms with van der Waals surface area (Å²) in [7, 11) is 0. The van der Waals surface area contributed by atoms with Crippen LogP contribution in [-0.4, -0.2) is 74.4 Å². The number of nitrogens with one attached hydrogen (secondary N) is 3. The second-order valence-electron chi connectivity index (χ2n) is 7.89. The fourth-order valence-corrected chi connectivity index (χ4v) is 3.43. The van der Waals surface area contributed by atoms with Gasteiger partial charge in [-0.2, -0.15) is 0 Å². The third-order valence-electron chi connectivity index (χ3n) is 5.07. The largest absolute Gasteiger partial charge is 0.480 e. The van der Waals surface area contributed by atoms with E-state index in [1.807, 2.05) is 0 Å². The van der Waals surface area contributed by atoms with Gasteiger partial charge in [-0.15, -0.1) is 0 Å². The van der Waals surface area contributed by atoms with Crippen LogP contribution in [0.15, 0.2) is 12.5 Å². The van der Waals surface area contributed by atoms with Crippen molar-refractivity contribution in [2.24, 2.45) is 11.7 Å². The van der Waals surface area contributed by atoms with Crippen molar-refractivity contribution in [3.63, 3.8) is 0 Å². The number of amides is 3. The number of likely N-dealkylation sites (tertiary alicyclic amines) is 1. The Labute approximate surface area is 174 Å².